The van der Waals surface area contributed by atoms with Gasteiger partial charge in [-0.25, -0.2) is 4.98 Å². The SMILES string of the molecule is Cc1nc2ccccc2n(CC(=O)c2ccc(Br)cc2)c1=O. The average molecular weight is 357 g/mol. The number of nitrogens with zero attached hydrogens (tertiary/aromatic N) is 2. The molecule has 0 saturated heterocycles. The number of carbonyl (C=O) groups excluding carboxylic acids is 1. The molecule has 0 saturated carbocycles. The van der Waals surface area contributed by atoms with Crippen LogP contribution in [0.5, 0.6) is 0 Å². The number of halogens is 1. The number of fused-ring (bicyclic) bond motifs is 1. The smallest absolute Gasteiger partial charge is 0.272 e. The van der Waals surface area contributed by atoms with Crippen molar-refractivity contribution in [3.05, 3.63) is 74.6 Å². The summed E-state index contributed by atoms with van der Waals surface area (Å²) in [5.41, 5.74) is 2.12. The summed E-state index contributed by atoms with van der Waals surface area (Å²) < 4.78 is 2.40. The molecule has 2 aromatic carbocycles. The largest absolute Gasteiger partial charge is 0.297 e. The van der Waals surface area contributed by atoms with Gasteiger partial charge in [0.05, 0.1) is 17.6 Å². The first-order valence-corrected chi connectivity index (χ1v) is 7.60. The molecule has 1 aromatic heterocycles. The van der Waals surface area contributed by atoms with E-state index in [1.54, 1.807) is 25.1 Å². The lowest BCUT2D eigenvalue weighted by Gasteiger charge is -2.10. The molecule has 0 spiro atoms. The van der Waals surface area contributed by atoms with Crippen molar-refractivity contribution in [1.29, 1.82) is 0 Å². The normalized spacial score (nSPS) is 10.8. The van der Waals surface area contributed by atoms with Crippen molar-refractivity contribution >= 4 is 32.7 Å². The fourth-order valence-electron chi connectivity index (χ4n) is 2.35. The van der Waals surface area contributed by atoms with Crippen LogP contribution in [0.1, 0.15) is 16.1 Å². The van der Waals surface area contributed by atoms with Crippen LogP contribution in [-0.4, -0.2) is 15.3 Å². The maximum absolute atomic E-state index is 12.4. The Bertz CT molecular complexity index is 914. The molecule has 0 radical (unpaired) electrons. The lowest BCUT2D eigenvalue weighted by Crippen LogP contribution is -2.27. The first-order valence-electron chi connectivity index (χ1n) is 6.81. The number of ketones is 1. The van der Waals surface area contributed by atoms with Crippen molar-refractivity contribution in [2.75, 3.05) is 0 Å². The zero-order valence-electron chi connectivity index (χ0n) is 11.9. The van der Waals surface area contributed by atoms with Gasteiger partial charge in [0, 0.05) is 10.0 Å². The summed E-state index contributed by atoms with van der Waals surface area (Å²) >= 11 is 3.34. The molecule has 0 aliphatic carbocycles. The van der Waals surface area contributed by atoms with E-state index in [1.807, 2.05) is 30.3 Å². The third-order valence-electron chi connectivity index (χ3n) is 3.48. The Labute approximate surface area is 135 Å². The second kappa shape index (κ2) is 5.85. The molecule has 0 unspecified atom stereocenters. The summed E-state index contributed by atoms with van der Waals surface area (Å²) in [5.74, 6) is -0.106. The van der Waals surface area contributed by atoms with E-state index in [1.165, 1.54) is 4.57 Å². The van der Waals surface area contributed by atoms with Crippen molar-refractivity contribution in [2.45, 2.75) is 13.5 Å². The second-order valence-electron chi connectivity index (χ2n) is 5.01. The Morgan fingerprint density at radius 2 is 1.82 bits per heavy atom. The topological polar surface area (TPSA) is 52.0 Å². The van der Waals surface area contributed by atoms with E-state index in [4.69, 9.17) is 0 Å². The molecule has 0 atom stereocenters. The molecule has 0 N–H and O–H groups in total. The molecule has 0 aliphatic heterocycles. The molecule has 0 bridgehead atoms. The van der Waals surface area contributed by atoms with E-state index in [0.717, 1.165) is 4.47 Å². The van der Waals surface area contributed by atoms with Gasteiger partial charge in [-0.05, 0) is 31.2 Å². The molecule has 4 nitrogen and oxygen atoms in total. The summed E-state index contributed by atoms with van der Waals surface area (Å²) in [4.78, 5) is 29.1. The average Bonchev–Trinajstić information content (AvgIpc) is 2.52. The molecule has 0 fully saturated rings. The molecule has 22 heavy (non-hydrogen) atoms. The molecule has 0 amide bonds. The first-order chi connectivity index (χ1) is 10.6. The van der Waals surface area contributed by atoms with Crippen LogP contribution >= 0.6 is 15.9 Å². The van der Waals surface area contributed by atoms with Gasteiger partial charge >= 0.3 is 0 Å². The zero-order chi connectivity index (χ0) is 15.7. The van der Waals surface area contributed by atoms with E-state index in [0.29, 0.717) is 22.3 Å². The van der Waals surface area contributed by atoms with Crippen LogP contribution in [-0.2, 0) is 6.54 Å². The van der Waals surface area contributed by atoms with Crippen molar-refractivity contribution in [3.8, 4) is 0 Å². The summed E-state index contributed by atoms with van der Waals surface area (Å²) in [5, 5.41) is 0. The predicted octanol–water partition coefficient (Wildman–Crippen LogP) is 3.35. The Kier molecular flexibility index (Phi) is 3.90. The van der Waals surface area contributed by atoms with Gasteiger partial charge in [0.1, 0.15) is 5.69 Å². The highest BCUT2D eigenvalue weighted by atomic mass is 79.9. The fraction of sp³-hybridized carbons (Fsp3) is 0.118. The van der Waals surface area contributed by atoms with Crippen molar-refractivity contribution in [2.24, 2.45) is 0 Å². The Hall–Kier alpha value is -2.27. The van der Waals surface area contributed by atoms with Gasteiger partial charge in [-0.2, -0.15) is 0 Å². The van der Waals surface area contributed by atoms with Gasteiger partial charge in [-0.1, -0.05) is 40.2 Å². The molecule has 5 heteroatoms. The number of rotatable bonds is 3. The number of hydrogen-bond donors (Lipinski definition) is 0. The highest BCUT2D eigenvalue weighted by Gasteiger charge is 2.12. The number of carbonyl (C=O) groups is 1. The van der Waals surface area contributed by atoms with Crippen LogP contribution < -0.4 is 5.56 Å². The van der Waals surface area contributed by atoms with Gasteiger partial charge in [-0.15, -0.1) is 0 Å². The number of para-hydroxylation sites is 2. The number of hydrogen-bond acceptors (Lipinski definition) is 3. The van der Waals surface area contributed by atoms with Crippen molar-refractivity contribution in [1.82, 2.24) is 9.55 Å². The molecule has 3 aromatic rings. The second-order valence-corrected chi connectivity index (χ2v) is 5.92. The lowest BCUT2D eigenvalue weighted by atomic mass is 10.1. The maximum atomic E-state index is 12.4. The fourth-order valence-corrected chi connectivity index (χ4v) is 2.61. The van der Waals surface area contributed by atoms with Crippen molar-refractivity contribution in [3.63, 3.8) is 0 Å². The zero-order valence-corrected chi connectivity index (χ0v) is 13.5. The first kappa shape index (κ1) is 14.7. The van der Waals surface area contributed by atoms with Gasteiger partial charge in [0.2, 0.25) is 0 Å². The Morgan fingerprint density at radius 1 is 1.14 bits per heavy atom. The summed E-state index contributed by atoms with van der Waals surface area (Å²) in [6.45, 7) is 1.67. The molecule has 3 rings (SSSR count). The molecule has 110 valence electrons. The van der Waals surface area contributed by atoms with E-state index >= 15 is 0 Å². The van der Waals surface area contributed by atoms with Gasteiger partial charge in [-0.3, -0.25) is 14.2 Å². The lowest BCUT2D eigenvalue weighted by molar-refractivity contribution is 0.0972. The van der Waals surface area contributed by atoms with Crippen LogP contribution in [0.25, 0.3) is 11.0 Å². The van der Waals surface area contributed by atoms with Crippen molar-refractivity contribution < 1.29 is 4.79 Å². The standard InChI is InChI=1S/C17H13BrN2O2/c1-11-17(22)20(15-5-3-2-4-14(15)19-11)10-16(21)12-6-8-13(18)9-7-12/h2-9H,10H2,1H3. The number of aryl methyl sites for hydroxylation is 1. The van der Waals surface area contributed by atoms with Crippen LogP contribution in [0.4, 0.5) is 0 Å². The highest BCUT2D eigenvalue weighted by Crippen LogP contribution is 2.13. The summed E-state index contributed by atoms with van der Waals surface area (Å²) in [6.07, 6.45) is 0. The van der Waals surface area contributed by atoms with Gasteiger partial charge < -0.3 is 0 Å². The molecule has 0 aliphatic rings. The summed E-state index contributed by atoms with van der Waals surface area (Å²) in [7, 11) is 0. The van der Waals surface area contributed by atoms with E-state index < -0.39 is 0 Å². The highest BCUT2D eigenvalue weighted by molar-refractivity contribution is 9.10. The monoisotopic (exact) mass is 356 g/mol. The van der Waals surface area contributed by atoms with Crippen LogP contribution in [0.15, 0.2) is 57.8 Å². The third-order valence-corrected chi connectivity index (χ3v) is 4.01. The van der Waals surface area contributed by atoms with Crippen LogP contribution in [0, 0.1) is 6.92 Å². The van der Waals surface area contributed by atoms with Gasteiger partial charge in [0.15, 0.2) is 5.78 Å². The Balaban J connectivity index is 2.07. The van der Waals surface area contributed by atoms with E-state index in [2.05, 4.69) is 20.9 Å². The van der Waals surface area contributed by atoms with Crippen LogP contribution in [0.2, 0.25) is 0 Å². The molecular formula is C17H13BrN2O2. The van der Waals surface area contributed by atoms with E-state index in [-0.39, 0.29) is 17.9 Å². The minimum absolute atomic E-state index is 0.00430. The Morgan fingerprint density at radius 3 is 2.55 bits per heavy atom. The summed E-state index contributed by atoms with van der Waals surface area (Å²) in [6, 6.07) is 14.4. The van der Waals surface area contributed by atoms with Crippen LogP contribution in [0.3, 0.4) is 0 Å². The minimum Gasteiger partial charge on any atom is -0.297 e. The number of aromatic nitrogens is 2. The number of benzene rings is 2. The predicted molar refractivity (Wildman–Crippen MR) is 89.2 cm³/mol. The third kappa shape index (κ3) is 2.72. The quantitative estimate of drug-likeness (QED) is 0.676. The minimum atomic E-state index is -0.232. The molecule has 1 heterocycles. The van der Waals surface area contributed by atoms with Gasteiger partial charge in [0.25, 0.3) is 5.56 Å². The maximum Gasteiger partial charge on any atom is 0.272 e. The number of Topliss-reactive ketones (excluding diaryl/α,β-unsaturated/α-hetero) is 1. The van der Waals surface area contributed by atoms with E-state index in [9.17, 15) is 9.59 Å². The molecular weight excluding hydrogens is 344 g/mol.